The van der Waals surface area contributed by atoms with E-state index in [-0.39, 0.29) is 6.10 Å². The van der Waals surface area contributed by atoms with Crippen LogP contribution in [0.1, 0.15) is 25.2 Å². The summed E-state index contributed by atoms with van der Waals surface area (Å²) in [7, 11) is 0. The van der Waals surface area contributed by atoms with E-state index in [1.54, 1.807) is 6.26 Å². The minimum Gasteiger partial charge on any atom is -0.489 e. The molecule has 1 aliphatic heterocycles. The highest BCUT2D eigenvalue weighted by Gasteiger charge is 2.19. The molecular weight excluding hydrogens is 262 g/mol. The molecule has 2 aromatic rings. The SMILES string of the molecule is C/C(=C\c1ccco1)CN1Cc2ccccc2OC(C)C1. The predicted molar refractivity (Wildman–Crippen MR) is 84.2 cm³/mol. The fourth-order valence-electron chi connectivity index (χ4n) is 2.81. The van der Waals surface area contributed by atoms with E-state index in [1.807, 2.05) is 18.2 Å². The summed E-state index contributed by atoms with van der Waals surface area (Å²) in [6.07, 6.45) is 4.00. The van der Waals surface area contributed by atoms with Crippen molar-refractivity contribution < 1.29 is 9.15 Å². The van der Waals surface area contributed by atoms with Gasteiger partial charge in [-0.15, -0.1) is 0 Å². The van der Waals surface area contributed by atoms with Gasteiger partial charge in [-0.3, -0.25) is 4.90 Å². The number of para-hydroxylation sites is 1. The second kappa shape index (κ2) is 6.19. The first-order valence-corrected chi connectivity index (χ1v) is 7.38. The first kappa shape index (κ1) is 14.0. The summed E-state index contributed by atoms with van der Waals surface area (Å²) in [6, 6.07) is 12.2. The molecule has 3 rings (SSSR count). The monoisotopic (exact) mass is 283 g/mol. The van der Waals surface area contributed by atoms with Gasteiger partial charge in [-0.25, -0.2) is 0 Å². The number of nitrogens with zero attached hydrogens (tertiary/aromatic N) is 1. The molecule has 21 heavy (non-hydrogen) atoms. The third-order valence-electron chi connectivity index (χ3n) is 3.61. The molecule has 0 fully saturated rings. The second-order valence-corrected chi connectivity index (χ2v) is 5.71. The van der Waals surface area contributed by atoms with E-state index in [0.29, 0.717) is 0 Å². The summed E-state index contributed by atoms with van der Waals surface area (Å²) < 4.78 is 11.4. The summed E-state index contributed by atoms with van der Waals surface area (Å²) in [6.45, 7) is 7.04. The fourth-order valence-corrected chi connectivity index (χ4v) is 2.81. The minimum atomic E-state index is 0.199. The van der Waals surface area contributed by atoms with Crippen molar-refractivity contribution in [1.29, 1.82) is 0 Å². The third kappa shape index (κ3) is 3.56. The lowest BCUT2D eigenvalue weighted by molar-refractivity contribution is 0.168. The molecule has 0 radical (unpaired) electrons. The number of furan rings is 1. The topological polar surface area (TPSA) is 25.6 Å². The van der Waals surface area contributed by atoms with Crippen molar-refractivity contribution >= 4 is 6.08 Å². The molecule has 1 unspecified atom stereocenters. The lowest BCUT2D eigenvalue weighted by atomic mass is 10.1. The van der Waals surface area contributed by atoms with E-state index in [4.69, 9.17) is 9.15 Å². The van der Waals surface area contributed by atoms with Gasteiger partial charge in [0, 0.05) is 25.2 Å². The Labute approximate surface area is 125 Å². The van der Waals surface area contributed by atoms with Crippen LogP contribution >= 0.6 is 0 Å². The van der Waals surface area contributed by atoms with Gasteiger partial charge in [0.05, 0.1) is 6.26 Å². The van der Waals surface area contributed by atoms with Crippen LogP contribution in [0.3, 0.4) is 0 Å². The maximum atomic E-state index is 5.99. The van der Waals surface area contributed by atoms with Gasteiger partial charge in [0.15, 0.2) is 0 Å². The van der Waals surface area contributed by atoms with E-state index in [2.05, 4.69) is 43.0 Å². The van der Waals surface area contributed by atoms with Crippen LogP contribution < -0.4 is 4.74 Å². The highest BCUT2D eigenvalue weighted by Crippen LogP contribution is 2.25. The largest absolute Gasteiger partial charge is 0.489 e. The van der Waals surface area contributed by atoms with Crippen molar-refractivity contribution in [2.24, 2.45) is 0 Å². The van der Waals surface area contributed by atoms with Crippen molar-refractivity contribution in [3.05, 3.63) is 59.6 Å². The predicted octanol–water partition coefficient (Wildman–Crippen LogP) is 3.97. The van der Waals surface area contributed by atoms with E-state index in [1.165, 1.54) is 11.1 Å². The highest BCUT2D eigenvalue weighted by atomic mass is 16.5. The highest BCUT2D eigenvalue weighted by molar-refractivity contribution is 5.46. The Balaban J connectivity index is 1.74. The Bertz CT molecular complexity index is 616. The van der Waals surface area contributed by atoms with Gasteiger partial charge in [-0.2, -0.15) is 0 Å². The van der Waals surface area contributed by atoms with Crippen LogP contribution in [0.5, 0.6) is 5.75 Å². The van der Waals surface area contributed by atoms with Crippen LogP contribution in [0.4, 0.5) is 0 Å². The number of hydrogen-bond acceptors (Lipinski definition) is 3. The summed E-state index contributed by atoms with van der Waals surface area (Å²) in [4.78, 5) is 2.42. The molecule has 110 valence electrons. The van der Waals surface area contributed by atoms with Crippen LogP contribution in [-0.2, 0) is 6.54 Å². The fraction of sp³-hybridized carbons (Fsp3) is 0.333. The van der Waals surface area contributed by atoms with Crippen molar-refractivity contribution in [3.8, 4) is 5.75 Å². The normalized spacial score (nSPS) is 19.7. The van der Waals surface area contributed by atoms with Gasteiger partial charge in [-0.1, -0.05) is 23.8 Å². The lowest BCUT2D eigenvalue weighted by Crippen LogP contribution is -2.32. The maximum absolute atomic E-state index is 5.99. The Morgan fingerprint density at radius 1 is 1.29 bits per heavy atom. The summed E-state index contributed by atoms with van der Waals surface area (Å²) >= 11 is 0. The first-order valence-electron chi connectivity index (χ1n) is 7.38. The summed E-state index contributed by atoms with van der Waals surface area (Å²) in [5.74, 6) is 1.92. The quantitative estimate of drug-likeness (QED) is 0.852. The molecular formula is C18H21NO2. The van der Waals surface area contributed by atoms with E-state index >= 15 is 0 Å². The Kier molecular flexibility index (Phi) is 4.11. The average Bonchev–Trinajstić information content (AvgIpc) is 2.87. The Morgan fingerprint density at radius 2 is 2.14 bits per heavy atom. The van der Waals surface area contributed by atoms with Crippen molar-refractivity contribution in [2.45, 2.75) is 26.5 Å². The van der Waals surface area contributed by atoms with Crippen molar-refractivity contribution in [3.63, 3.8) is 0 Å². The Hall–Kier alpha value is -2.00. The number of rotatable bonds is 3. The summed E-state index contributed by atoms with van der Waals surface area (Å²) in [5, 5.41) is 0. The van der Waals surface area contributed by atoms with Gasteiger partial charge < -0.3 is 9.15 Å². The van der Waals surface area contributed by atoms with Gasteiger partial charge in [0.2, 0.25) is 0 Å². The van der Waals surface area contributed by atoms with Crippen LogP contribution in [0.2, 0.25) is 0 Å². The van der Waals surface area contributed by atoms with E-state index in [9.17, 15) is 0 Å². The van der Waals surface area contributed by atoms with Gasteiger partial charge in [0.1, 0.15) is 17.6 Å². The third-order valence-corrected chi connectivity index (χ3v) is 3.61. The smallest absolute Gasteiger partial charge is 0.126 e. The molecule has 0 saturated carbocycles. The van der Waals surface area contributed by atoms with Crippen molar-refractivity contribution in [1.82, 2.24) is 4.90 Å². The number of fused-ring (bicyclic) bond motifs is 1. The lowest BCUT2D eigenvalue weighted by Gasteiger charge is -2.22. The molecule has 0 amide bonds. The Morgan fingerprint density at radius 3 is 2.95 bits per heavy atom. The molecule has 3 nitrogen and oxygen atoms in total. The molecule has 1 atom stereocenters. The molecule has 3 heteroatoms. The molecule has 1 aromatic heterocycles. The van der Waals surface area contributed by atoms with Crippen LogP contribution in [-0.4, -0.2) is 24.1 Å². The maximum Gasteiger partial charge on any atom is 0.126 e. The van der Waals surface area contributed by atoms with Crippen LogP contribution in [0, 0.1) is 0 Å². The zero-order chi connectivity index (χ0) is 14.7. The summed E-state index contributed by atoms with van der Waals surface area (Å²) in [5.41, 5.74) is 2.55. The molecule has 0 spiro atoms. The van der Waals surface area contributed by atoms with Gasteiger partial charge >= 0.3 is 0 Å². The van der Waals surface area contributed by atoms with E-state index < -0.39 is 0 Å². The second-order valence-electron chi connectivity index (χ2n) is 5.71. The zero-order valence-corrected chi connectivity index (χ0v) is 12.6. The first-order chi connectivity index (χ1) is 10.2. The molecule has 0 saturated heterocycles. The van der Waals surface area contributed by atoms with Gasteiger partial charge in [0.25, 0.3) is 0 Å². The van der Waals surface area contributed by atoms with Gasteiger partial charge in [-0.05, 0) is 38.1 Å². The van der Waals surface area contributed by atoms with E-state index in [0.717, 1.165) is 31.1 Å². The zero-order valence-electron chi connectivity index (χ0n) is 12.6. The number of benzene rings is 1. The van der Waals surface area contributed by atoms with Crippen LogP contribution in [0.25, 0.3) is 6.08 Å². The molecule has 0 bridgehead atoms. The molecule has 2 heterocycles. The molecule has 0 aliphatic carbocycles. The molecule has 1 aliphatic rings. The molecule has 0 N–H and O–H groups in total. The number of hydrogen-bond donors (Lipinski definition) is 0. The minimum absolute atomic E-state index is 0.199. The number of ether oxygens (including phenoxy) is 1. The van der Waals surface area contributed by atoms with Crippen LogP contribution in [0.15, 0.2) is 52.7 Å². The van der Waals surface area contributed by atoms with Crippen molar-refractivity contribution in [2.75, 3.05) is 13.1 Å². The standard InChI is InChI=1S/C18H21NO2/c1-14(10-17-7-5-9-20-17)11-19-12-15(2)21-18-8-4-3-6-16(18)13-19/h3-10,15H,11-13H2,1-2H3/b14-10+. The average molecular weight is 283 g/mol. The molecule has 1 aromatic carbocycles.